The van der Waals surface area contributed by atoms with E-state index in [2.05, 4.69) is 20.9 Å². The number of pyridine rings is 1. The quantitative estimate of drug-likeness (QED) is 0.756. The zero-order valence-corrected chi connectivity index (χ0v) is 11.2. The van der Waals surface area contributed by atoms with E-state index in [0.29, 0.717) is 31.7 Å². The van der Waals surface area contributed by atoms with Gasteiger partial charge < -0.3 is 16.0 Å². The van der Waals surface area contributed by atoms with E-state index in [1.54, 1.807) is 0 Å². The van der Waals surface area contributed by atoms with E-state index in [0.717, 1.165) is 12.3 Å². The zero-order valence-electron chi connectivity index (χ0n) is 11.2. The maximum Gasteiger partial charge on any atom is 0.255 e. The minimum Gasteiger partial charge on any atom is -0.370 e. The number of rotatable bonds is 4. The lowest BCUT2D eigenvalue weighted by molar-refractivity contribution is -0.122. The van der Waals surface area contributed by atoms with E-state index in [4.69, 9.17) is 0 Å². The largest absolute Gasteiger partial charge is 0.370 e. The molecule has 0 bridgehead atoms. The molecule has 0 aromatic carbocycles. The van der Waals surface area contributed by atoms with Crippen molar-refractivity contribution in [2.45, 2.75) is 25.8 Å². The fourth-order valence-corrected chi connectivity index (χ4v) is 2.04. The minimum absolute atomic E-state index is 0.0174. The molecule has 3 N–H and O–H groups in total. The summed E-state index contributed by atoms with van der Waals surface area (Å²) in [4.78, 5) is 27.1. The van der Waals surface area contributed by atoms with Gasteiger partial charge in [0.15, 0.2) is 0 Å². The number of halogens is 1. The van der Waals surface area contributed by atoms with E-state index in [9.17, 15) is 14.0 Å². The summed E-state index contributed by atoms with van der Waals surface area (Å²) in [5, 5.41) is 8.38. The Morgan fingerprint density at radius 1 is 1.60 bits per heavy atom. The number of piperidine rings is 1. The van der Waals surface area contributed by atoms with Crippen molar-refractivity contribution in [3.8, 4) is 0 Å². The molecule has 1 unspecified atom stereocenters. The van der Waals surface area contributed by atoms with Crippen LogP contribution in [0.15, 0.2) is 12.3 Å². The van der Waals surface area contributed by atoms with Gasteiger partial charge in [0, 0.05) is 25.6 Å². The van der Waals surface area contributed by atoms with E-state index in [1.807, 2.05) is 6.92 Å². The summed E-state index contributed by atoms with van der Waals surface area (Å²) in [6, 6.07) is 1.01. The predicted octanol–water partition coefficient (Wildman–Crippen LogP) is 0.661. The number of carbonyl (C=O) groups is 2. The Hall–Kier alpha value is -2.18. The first-order chi connectivity index (χ1) is 9.60. The molecule has 20 heavy (non-hydrogen) atoms. The minimum atomic E-state index is -0.561. The molecule has 6 nitrogen and oxygen atoms in total. The van der Waals surface area contributed by atoms with Gasteiger partial charge in [0.25, 0.3) is 5.91 Å². The summed E-state index contributed by atoms with van der Waals surface area (Å²) in [5.74, 6) is -0.620. The smallest absolute Gasteiger partial charge is 0.255 e. The Kier molecular flexibility index (Phi) is 4.49. The van der Waals surface area contributed by atoms with Crippen LogP contribution in [0.5, 0.6) is 0 Å². The van der Waals surface area contributed by atoms with Crippen molar-refractivity contribution < 1.29 is 14.0 Å². The van der Waals surface area contributed by atoms with Crippen LogP contribution < -0.4 is 16.0 Å². The summed E-state index contributed by atoms with van der Waals surface area (Å²) < 4.78 is 13.3. The van der Waals surface area contributed by atoms with Crippen LogP contribution in [0.25, 0.3) is 0 Å². The summed E-state index contributed by atoms with van der Waals surface area (Å²) >= 11 is 0. The van der Waals surface area contributed by atoms with Crippen LogP contribution in [0.3, 0.4) is 0 Å². The molecule has 0 aliphatic carbocycles. The van der Waals surface area contributed by atoms with Gasteiger partial charge in [-0.1, -0.05) is 0 Å². The molecule has 2 rings (SSSR count). The number of nitrogens with one attached hydrogen (secondary N) is 3. The monoisotopic (exact) mass is 280 g/mol. The molecule has 108 valence electrons. The Bertz CT molecular complexity index is 511. The van der Waals surface area contributed by atoms with E-state index < -0.39 is 11.7 Å². The molecule has 2 amide bonds. The van der Waals surface area contributed by atoms with Gasteiger partial charge in [-0.25, -0.2) is 9.37 Å². The number of amides is 2. The lowest BCUT2D eigenvalue weighted by Crippen LogP contribution is -2.47. The fourth-order valence-electron chi connectivity index (χ4n) is 2.04. The molecule has 1 atom stereocenters. The zero-order chi connectivity index (χ0) is 14.5. The maximum absolute atomic E-state index is 13.3. The second-order valence-corrected chi connectivity index (χ2v) is 4.59. The van der Waals surface area contributed by atoms with Crippen LogP contribution in [0.1, 0.15) is 30.1 Å². The normalized spacial score (nSPS) is 18.3. The van der Waals surface area contributed by atoms with Gasteiger partial charge in [-0.05, 0) is 19.4 Å². The van der Waals surface area contributed by atoms with Crippen molar-refractivity contribution in [3.05, 3.63) is 23.6 Å². The van der Waals surface area contributed by atoms with Gasteiger partial charge in [-0.15, -0.1) is 0 Å². The molecule has 1 aromatic heterocycles. The second kappa shape index (κ2) is 6.31. The van der Waals surface area contributed by atoms with Crippen molar-refractivity contribution in [1.82, 2.24) is 15.6 Å². The van der Waals surface area contributed by atoms with Gasteiger partial charge in [0.05, 0.1) is 11.8 Å². The third-order valence-corrected chi connectivity index (χ3v) is 3.04. The highest BCUT2D eigenvalue weighted by atomic mass is 19.1. The summed E-state index contributed by atoms with van der Waals surface area (Å²) in [5.41, 5.74) is 0.170. The van der Waals surface area contributed by atoms with E-state index in [1.165, 1.54) is 0 Å². The second-order valence-electron chi connectivity index (χ2n) is 4.59. The molecular formula is C13H17FN4O2. The molecule has 1 fully saturated rings. The topological polar surface area (TPSA) is 83.1 Å². The Balaban J connectivity index is 2.08. The molecule has 7 heteroatoms. The fraction of sp³-hybridized carbons (Fsp3) is 0.462. The Morgan fingerprint density at radius 3 is 3.05 bits per heavy atom. The molecule has 1 saturated heterocycles. The van der Waals surface area contributed by atoms with Gasteiger partial charge in [0.1, 0.15) is 11.6 Å². The van der Waals surface area contributed by atoms with Crippen LogP contribution in [-0.4, -0.2) is 35.9 Å². The third-order valence-electron chi connectivity index (χ3n) is 3.04. The third kappa shape index (κ3) is 3.43. The Morgan fingerprint density at radius 2 is 2.40 bits per heavy atom. The predicted molar refractivity (Wildman–Crippen MR) is 71.9 cm³/mol. The highest BCUT2D eigenvalue weighted by Crippen LogP contribution is 2.14. The van der Waals surface area contributed by atoms with Crippen molar-refractivity contribution in [3.63, 3.8) is 0 Å². The highest BCUT2D eigenvalue weighted by Gasteiger charge is 2.22. The molecule has 1 aromatic rings. The SMILES string of the molecule is CCNc1ncc(F)cc1C(=O)NC1CCC(=O)NC1. The van der Waals surface area contributed by atoms with Crippen molar-refractivity contribution in [1.29, 1.82) is 0 Å². The summed E-state index contributed by atoms with van der Waals surface area (Å²) in [6.07, 6.45) is 2.03. The lowest BCUT2D eigenvalue weighted by Gasteiger charge is -2.23. The molecule has 1 aliphatic heterocycles. The molecule has 0 radical (unpaired) electrons. The van der Waals surface area contributed by atoms with Gasteiger partial charge in [-0.3, -0.25) is 9.59 Å². The van der Waals surface area contributed by atoms with Crippen molar-refractivity contribution in [2.75, 3.05) is 18.4 Å². The molecule has 2 heterocycles. The average Bonchev–Trinajstić information content (AvgIpc) is 2.43. The molecular weight excluding hydrogens is 263 g/mol. The van der Waals surface area contributed by atoms with E-state index in [-0.39, 0.29) is 17.5 Å². The van der Waals surface area contributed by atoms with Crippen LogP contribution in [0, 0.1) is 5.82 Å². The molecule has 0 saturated carbocycles. The van der Waals surface area contributed by atoms with Crippen LogP contribution >= 0.6 is 0 Å². The van der Waals surface area contributed by atoms with Crippen molar-refractivity contribution in [2.24, 2.45) is 0 Å². The Labute approximate surface area is 116 Å². The number of hydrogen-bond donors (Lipinski definition) is 3. The van der Waals surface area contributed by atoms with Gasteiger partial charge in [0.2, 0.25) is 5.91 Å². The number of carbonyl (C=O) groups excluding carboxylic acids is 2. The van der Waals surface area contributed by atoms with Gasteiger partial charge in [-0.2, -0.15) is 0 Å². The molecule has 0 spiro atoms. The summed E-state index contributed by atoms with van der Waals surface area (Å²) in [6.45, 7) is 2.84. The molecule has 1 aliphatic rings. The first-order valence-electron chi connectivity index (χ1n) is 6.57. The maximum atomic E-state index is 13.3. The number of aromatic nitrogens is 1. The number of hydrogen-bond acceptors (Lipinski definition) is 4. The number of nitrogens with zero attached hydrogens (tertiary/aromatic N) is 1. The van der Waals surface area contributed by atoms with Crippen molar-refractivity contribution >= 4 is 17.6 Å². The highest BCUT2D eigenvalue weighted by molar-refractivity contribution is 5.99. The van der Waals surface area contributed by atoms with Crippen LogP contribution in [0.4, 0.5) is 10.2 Å². The van der Waals surface area contributed by atoms with Gasteiger partial charge >= 0.3 is 0 Å². The first kappa shape index (κ1) is 14.2. The van der Waals surface area contributed by atoms with Crippen LogP contribution in [-0.2, 0) is 4.79 Å². The van der Waals surface area contributed by atoms with Crippen LogP contribution in [0.2, 0.25) is 0 Å². The van der Waals surface area contributed by atoms with E-state index >= 15 is 0 Å². The standard InChI is InChI=1S/C13H17FN4O2/c1-2-15-12-10(5-8(14)6-17-12)13(20)18-9-3-4-11(19)16-7-9/h5-6,9H,2-4,7H2,1H3,(H,15,17)(H,16,19)(H,18,20). The lowest BCUT2D eigenvalue weighted by atomic mass is 10.1. The summed E-state index contributed by atoms with van der Waals surface area (Å²) in [7, 11) is 0. The number of anilines is 1. The average molecular weight is 280 g/mol. The first-order valence-corrected chi connectivity index (χ1v) is 6.57.